The first kappa shape index (κ1) is 22.7. The summed E-state index contributed by atoms with van der Waals surface area (Å²) in [7, 11) is 0. The normalized spacial score (nSPS) is 12.0. The maximum atomic E-state index is 12.1. The molecule has 0 aromatic heterocycles. The van der Waals surface area contributed by atoms with Crippen LogP contribution in [0.5, 0.6) is 0 Å². The zero-order chi connectivity index (χ0) is 22.1. The van der Waals surface area contributed by atoms with Crippen LogP contribution < -0.4 is 10.6 Å². The van der Waals surface area contributed by atoms with Crippen molar-refractivity contribution in [3.05, 3.63) is 59.7 Å². The highest BCUT2D eigenvalue weighted by Crippen LogP contribution is 2.44. The van der Waals surface area contributed by atoms with E-state index in [4.69, 9.17) is 9.84 Å². The fourth-order valence-corrected chi connectivity index (χ4v) is 4.16. The second-order valence-electron chi connectivity index (χ2n) is 7.15. The number of hydrogen-bond acceptors (Lipinski definition) is 5. The second-order valence-corrected chi connectivity index (χ2v) is 8.26. The van der Waals surface area contributed by atoms with Crippen molar-refractivity contribution in [1.82, 2.24) is 10.6 Å². The van der Waals surface area contributed by atoms with Gasteiger partial charge in [0, 0.05) is 31.2 Å². The quantitative estimate of drug-likeness (QED) is 0.462. The summed E-state index contributed by atoms with van der Waals surface area (Å²) in [4.78, 5) is 34.2. The van der Waals surface area contributed by atoms with Gasteiger partial charge in [-0.2, -0.15) is 0 Å². The van der Waals surface area contributed by atoms with Gasteiger partial charge in [0.15, 0.2) is 0 Å². The van der Waals surface area contributed by atoms with E-state index in [1.165, 1.54) is 22.9 Å². The van der Waals surface area contributed by atoms with E-state index in [0.29, 0.717) is 25.3 Å². The molecule has 3 rings (SSSR count). The summed E-state index contributed by atoms with van der Waals surface area (Å²) in [6, 6.07) is 16.3. The number of carboxylic acids is 1. The average molecular weight is 443 g/mol. The summed E-state index contributed by atoms with van der Waals surface area (Å²) in [6.07, 6.45) is 0.290. The molecule has 1 aliphatic rings. The van der Waals surface area contributed by atoms with Crippen molar-refractivity contribution in [3.8, 4) is 11.1 Å². The van der Waals surface area contributed by atoms with Crippen LogP contribution in [0.2, 0.25) is 0 Å². The number of amides is 2. The number of ether oxygens (including phenoxy) is 1. The molecule has 0 bridgehead atoms. The van der Waals surface area contributed by atoms with Crippen molar-refractivity contribution < 1.29 is 24.2 Å². The summed E-state index contributed by atoms with van der Waals surface area (Å²) in [6.45, 7) is 1.03. The number of hydrogen-bond donors (Lipinski definition) is 3. The van der Waals surface area contributed by atoms with Crippen LogP contribution in [0.25, 0.3) is 11.1 Å². The van der Waals surface area contributed by atoms with E-state index < -0.39 is 12.1 Å². The zero-order valence-electron chi connectivity index (χ0n) is 17.1. The third kappa shape index (κ3) is 6.49. The van der Waals surface area contributed by atoms with E-state index in [2.05, 4.69) is 34.9 Å². The molecule has 0 saturated carbocycles. The summed E-state index contributed by atoms with van der Waals surface area (Å²) < 4.78 is 5.46. The van der Waals surface area contributed by atoms with Crippen molar-refractivity contribution in [2.45, 2.75) is 18.8 Å². The number of alkyl carbamates (subject to hydrolysis) is 1. The Bertz CT molecular complexity index is 888. The Morgan fingerprint density at radius 2 is 1.58 bits per heavy atom. The lowest BCUT2D eigenvalue weighted by molar-refractivity contribution is -0.133. The molecule has 2 aromatic carbocycles. The molecule has 0 heterocycles. The number of aliphatic carboxylic acids is 1. The molecule has 164 valence electrons. The van der Waals surface area contributed by atoms with Crippen LogP contribution in [-0.4, -0.2) is 54.3 Å². The number of carbonyl (C=O) groups is 3. The summed E-state index contributed by atoms with van der Waals surface area (Å²) >= 11 is 1.26. The SMILES string of the molecule is O=C(O)CSCCNC(=O)CCCNC(=O)OCC1c2ccccc2-c2ccccc21. The van der Waals surface area contributed by atoms with Crippen LogP contribution >= 0.6 is 11.8 Å². The minimum atomic E-state index is -0.865. The predicted octanol–water partition coefficient (Wildman–Crippen LogP) is 3.24. The van der Waals surface area contributed by atoms with Gasteiger partial charge in [0.05, 0.1) is 5.75 Å². The topological polar surface area (TPSA) is 105 Å². The molecular weight excluding hydrogens is 416 g/mol. The maximum Gasteiger partial charge on any atom is 0.407 e. The maximum absolute atomic E-state index is 12.1. The fraction of sp³-hybridized carbons (Fsp3) is 0.348. The number of carboxylic acid groups (broad SMARTS) is 1. The van der Waals surface area contributed by atoms with Crippen molar-refractivity contribution in [1.29, 1.82) is 0 Å². The van der Waals surface area contributed by atoms with Gasteiger partial charge < -0.3 is 20.5 Å². The van der Waals surface area contributed by atoms with E-state index in [-0.39, 0.29) is 30.6 Å². The highest BCUT2D eigenvalue weighted by atomic mass is 32.2. The average Bonchev–Trinajstić information content (AvgIpc) is 3.08. The number of rotatable bonds is 11. The molecule has 8 heteroatoms. The monoisotopic (exact) mass is 442 g/mol. The largest absolute Gasteiger partial charge is 0.481 e. The molecule has 0 unspecified atom stereocenters. The standard InChI is InChI=1S/C23H26N2O5S/c26-21(24-12-13-31-15-22(27)28)10-5-11-25-23(29)30-14-20-18-8-3-1-6-16(18)17-7-2-4-9-19(17)20/h1-4,6-9,20H,5,10-15H2,(H,24,26)(H,25,29)(H,27,28). The van der Waals surface area contributed by atoms with Gasteiger partial charge in [-0.3, -0.25) is 9.59 Å². The Balaban J connectivity index is 1.34. The van der Waals surface area contributed by atoms with Crippen molar-refractivity contribution in [2.24, 2.45) is 0 Å². The van der Waals surface area contributed by atoms with Crippen LogP contribution in [0, 0.1) is 0 Å². The van der Waals surface area contributed by atoms with E-state index in [1.807, 2.05) is 24.3 Å². The first-order valence-electron chi connectivity index (χ1n) is 10.2. The molecule has 3 N–H and O–H groups in total. The van der Waals surface area contributed by atoms with Crippen LogP contribution in [0.1, 0.15) is 29.9 Å². The van der Waals surface area contributed by atoms with Crippen LogP contribution in [-0.2, 0) is 14.3 Å². The highest BCUT2D eigenvalue weighted by molar-refractivity contribution is 7.99. The van der Waals surface area contributed by atoms with E-state index in [1.54, 1.807) is 0 Å². The molecule has 7 nitrogen and oxygen atoms in total. The van der Waals surface area contributed by atoms with Crippen LogP contribution in [0.3, 0.4) is 0 Å². The molecule has 0 spiro atoms. The van der Waals surface area contributed by atoms with Crippen LogP contribution in [0.15, 0.2) is 48.5 Å². The predicted molar refractivity (Wildman–Crippen MR) is 120 cm³/mol. The number of nitrogens with one attached hydrogen (secondary N) is 2. The lowest BCUT2D eigenvalue weighted by Gasteiger charge is -2.14. The Morgan fingerprint density at radius 1 is 0.935 bits per heavy atom. The third-order valence-corrected chi connectivity index (χ3v) is 5.93. The van der Waals surface area contributed by atoms with E-state index in [9.17, 15) is 14.4 Å². The van der Waals surface area contributed by atoms with Crippen molar-refractivity contribution >= 4 is 29.7 Å². The Kier molecular flexibility index (Phi) is 8.35. The summed E-state index contributed by atoms with van der Waals surface area (Å²) in [5.41, 5.74) is 4.68. The van der Waals surface area contributed by atoms with Crippen LogP contribution in [0.4, 0.5) is 4.79 Å². The minimum absolute atomic E-state index is 0.0166. The van der Waals surface area contributed by atoms with Crippen molar-refractivity contribution in [2.75, 3.05) is 31.2 Å². The molecule has 1 aliphatic carbocycles. The molecule has 31 heavy (non-hydrogen) atoms. The van der Waals surface area contributed by atoms with E-state index in [0.717, 1.165) is 11.1 Å². The van der Waals surface area contributed by atoms with Gasteiger partial charge in [-0.05, 0) is 28.7 Å². The molecule has 0 atom stereocenters. The first-order chi connectivity index (χ1) is 15.1. The number of fused-ring (bicyclic) bond motifs is 3. The molecular formula is C23H26N2O5S. The number of thioether (sulfide) groups is 1. The van der Waals surface area contributed by atoms with Gasteiger partial charge >= 0.3 is 12.1 Å². The van der Waals surface area contributed by atoms with Gasteiger partial charge in [-0.25, -0.2) is 4.79 Å². The van der Waals surface area contributed by atoms with Gasteiger partial charge in [-0.1, -0.05) is 48.5 Å². The lowest BCUT2D eigenvalue weighted by atomic mass is 9.98. The van der Waals surface area contributed by atoms with Gasteiger partial charge in [-0.15, -0.1) is 11.8 Å². The zero-order valence-corrected chi connectivity index (χ0v) is 18.0. The molecule has 0 fully saturated rings. The lowest BCUT2D eigenvalue weighted by Crippen LogP contribution is -2.29. The highest BCUT2D eigenvalue weighted by Gasteiger charge is 2.28. The minimum Gasteiger partial charge on any atom is -0.481 e. The van der Waals surface area contributed by atoms with Gasteiger partial charge in [0.25, 0.3) is 0 Å². The third-order valence-electron chi connectivity index (χ3n) is 4.99. The van der Waals surface area contributed by atoms with Crippen molar-refractivity contribution in [3.63, 3.8) is 0 Å². The van der Waals surface area contributed by atoms with Gasteiger partial charge in [0.2, 0.25) is 5.91 Å². The fourth-order valence-electron chi connectivity index (χ4n) is 3.60. The second kappa shape index (κ2) is 11.4. The molecule has 0 aliphatic heterocycles. The molecule has 0 saturated heterocycles. The Hall–Kier alpha value is -3.00. The molecule has 0 radical (unpaired) electrons. The summed E-state index contributed by atoms with van der Waals surface area (Å²) in [5.74, 6) is -0.389. The molecule has 2 amide bonds. The Morgan fingerprint density at radius 3 is 2.23 bits per heavy atom. The smallest absolute Gasteiger partial charge is 0.407 e. The van der Waals surface area contributed by atoms with Gasteiger partial charge in [0.1, 0.15) is 6.61 Å². The Labute approximate surface area is 185 Å². The number of carbonyl (C=O) groups excluding carboxylic acids is 2. The summed E-state index contributed by atoms with van der Waals surface area (Å²) in [5, 5.41) is 14.0. The first-order valence-corrected chi connectivity index (χ1v) is 11.4. The van der Waals surface area contributed by atoms with E-state index >= 15 is 0 Å². The molecule has 2 aromatic rings. The number of benzene rings is 2.